The van der Waals surface area contributed by atoms with Crippen LogP contribution in [0.1, 0.15) is 26.7 Å². The maximum absolute atomic E-state index is 13.2. The zero-order valence-electron chi connectivity index (χ0n) is 12.1. The number of aliphatic hydroxyl groups excluding tert-OH is 1. The third-order valence-electron chi connectivity index (χ3n) is 3.40. The molecule has 0 spiro atoms. The van der Waals surface area contributed by atoms with Crippen molar-refractivity contribution in [1.82, 2.24) is 5.32 Å². The second kappa shape index (κ2) is 7.46. The van der Waals surface area contributed by atoms with Gasteiger partial charge in [-0.25, -0.2) is 4.39 Å². The Bertz CT molecular complexity index is 386. The summed E-state index contributed by atoms with van der Waals surface area (Å²) >= 11 is 0. The number of rotatable bonds is 8. The van der Waals surface area contributed by atoms with Crippen LogP contribution in [0.25, 0.3) is 0 Å². The smallest absolute Gasteiger partial charge is 0.125 e. The molecule has 0 saturated heterocycles. The third-order valence-corrected chi connectivity index (χ3v) is 3.40. The monoisotopic (exact) mass is 268 g/mol. The van der Waals surface area contributed by atoms with Crippen LogP contribution in [0, 0.1) is 5.82 Å². The predicted octanol–water partition coefficient (Wildman–Crippen LogP) is 2.40. The third kappa shape index (κ3) is 5.17. The van der Waals surface area contributed by atoms with E-state index in [0.29, 0.717) is 0 Å². The summed E-state index contributed by atoms with van der Waals surface area (Å²) in [5.74, 6) is -0.224. The van der Waals surface area contributed by atoms with Gasteiger partial charge in [-0.1, -0.05) is 13.0 Å². The highest BCUT2D eigenvalue weighted by atomic mass is 19.1. The zero-order chi connectivity index (χ0) is 14.3. The van der Waals surface area contributed by atoms with Gasteiger partial charge in [0.15, 0.2) is 0 Å². The Morgan fingerprint density at radius 3 is 2.74 bits per heavy atom. The minimum atomic E-state index is -0.280. The Morgan fingerprint density at radius 2 is 2.16 bits per heavy atom. The molecule has 1 aromatic carbocycles. The highest BCUT2D eigenvalue weighted by Gasteiger charge is 2.22. The van der Waals surface area contributed by atoms with Gasteiger partial charge in [0.05, 0.1) is 6.61 Å². The normalized spacial score (nSPS) is 14.2. The lowest BCUT2D eigenvalue weighted by molar-refractivity contribution is 0.168. The Morgan fingerprint density at radius 1 is 1.42 bits per heavy atom. The Hall–Kier alpha value is -1.13. The summed E-state index contributed by atoms with van der Waals surface area (Å²) in [4.78, 5) is 2.00. The molecule has 1 rings (SSSR count). The van der Waals surface area contributed by atoms with E-state index in [1.165, 1.54) is 12.1 Å². The highest BCUT2D eigenvalue weighted by molar-refractivity contribution is 5.45. The van der Waals surface area contributed by atoms with Crippen LogP contribution < -0.4 is 10.2 Å². The van der Waals surface area contributed by atoms with Gasteiger partial charge in [-0.2, -0.15) is 0 Å². The molecule has 0 heterocycles. The van der Waals surface area contributed by atoms with Crippen molar-refractivity contribution in [1.29, 1.82) is 0 Å². The quantitative estimate of drug-likeness (QED) is 0.760. The minimum absolute atomic E-state index is 0.101. The van der Waals surface area contributed by atoms with Gasteiger partial charge in [-0.05, 0) is 44.5 Å². The highest BCUT2D eigenvalue weighted by Crippen LogP contribution is 2.16. The van der Waals surface area contributed by atoms with Crippen LogP contribution in [-0.4, -0.2) is 37.4 Å². The summed E-state index contributed by atoms with van der Waals surface area (Å²) in [5, 5.41) is 12.9. The molecule has 108 valence electrons. The molecule has 0 saturated carbocycles. The fourth-order valence-corrected chi connectivity index (χ4v) is 1.91. The zero-order valence-corrected chi connectivity index (χ0v) is 12.1. The molecule has 3 nitrogen and oxygen atoms in total. The molecule has 2 N–H and O–H groups in total. The van der Waals surface area contributed by atoms with Gasteiger partial charge in [0.1, 0.15) is 5.82 Å². The fourth-order valence-electron chi connectivity index (χ4n) is 1.91. The van der Waals surface area contributed by atoms with Crippen LogP contribution in [0.15, 0.2) is 24.3 Å². The summed E-state index contributed by atoms with van der Waals surface area (Å²) in [5.41, 5.74) is 0.577. The van der Waals surface area contributed by atoms with Crippen LogP contribution in [0.5, 0.6) is 0 Å². The molecular weight excluding hydrogens is 243 g/mol. The number of benzene rings is 1. The number of halogens is 1. The van der Waals surface area contributed by atoms with Gasteiger partial charge < -0.3 is 15.3 Å². The second-order valence-corrected chi connectivity index (χ2v) is 5.30. The second-order valence-electron chi connectivity index (χ2n) is 5.30. The van der Waals surface area contributed by atoms with Crippen molar-refractivity contribution in [2.24, 2.45) is 0 Å². The summed E-state index contributed by atoms with van der Waals surface area (Å²) in [7, 11) is 1.94. The van der Waals surface area contributed by atoms with Crippen LogP contribution in [0.3, 0.4) is 0 Å². The van der Waals surface area contributed by atoms with E-state index in [-0.39, 0.29) is 18.0 Å². The molecule has 0 bridgehead atoms. The van der Waals surface area contributed by atoms with E-state index in [2.05, 4.69) is 12.2 Å². The van der Waals surface area contributed by atoms with Gasteiger partial charge >= 0.3 is 0 Å². The van der Waals surface area contributed by atoms with E-state index in [1.54, 1.807) is 6.07 Å². The van der Waals surface area contributed by atoms with E-state index >= 15 is 0 Å². The first-order valence-electron chi connectivity index (χ1n) is 6.83. The number of anilines is 1. The van der Waals surface area contributed by atoms with Gasteiger partial charge in [-0.3, -0.25) is 0 Å². The average molecular weight is 268 g/mol. The van der Waals surface area contributed by atoms with Crippen molar-refractivity contribution in [3.05, 3.63) is 30.1 Å². The first kappa shape index (κ1) is 15.9. The van der Waals surface area contributed by atoms with E-state index in [0.717, 1.165) is 31.6 Å². The predicted molar refractivity (Wildman–Crippen MR) is 78.1 cm³/mol. The maximum atomic E-state index is 13.2. The molecule has 0 aliphatic carbocycles. The van der Waals surface area contributed by atoms with Crippen LogP contribution in [0.2, 0.25) is 0 Å². The molecule has 0 aliphatic heterocycles. The van der Waals surface area contributed by atoms with Crippen molar-refractivity contribution in [3.8, 4) is 0 Å². The van der Waals surface area contributed by atoms with Gasteiger partial charge in [0, 0.05) is 24.8 Å². The molecule has 0 aliphatic rings. The standard InChI is InChI=1S/C15H25FN2O/c1-4-9-17-15(2,12-19)8-10-18(3)14-7-5-6-13(16)11-14/h5-7,11,17,19H,4,8-10,12H2,1-3H3. The molecule has 1 atom stereocenters. The van der Waals surface area contributed by atoms with Gasteiger partial charge in [0.25, 0.3) is 0 Å². The average Bonchev–Trinajstić information content (AvgIpc) is 2.42. The SMILES string of the molecule is CCCNC(C)(CO)CCN(C)c1cccc(F)c1. The van der Waals surface area contributed by atoms with Crippen LogP contribution >= 0.6 is 0 Å². The number of aliphatic hydroxyl groups is 1. The molecular formula is C15H25FN2O. The van der Waals surface area contributed by atoms with Crippen molar-refractivity contribution in [2.45, 2.75) is 32.2 Å². The molecule has 0 fully saturated rings. The number of nitrogens with one attached hydrogen (secondary N) is 1. The van der Waals surface area contributed by atoms with Gasteiger partial charge in [0.2, 0.25) is 0 Å². The van der Waals surface area contributed by atoms with Gasteiger partial charge in [-0.15, -0.1) is 0 Å². The lowest BCUT2D eigenvalue weighted by Crippen LogP contribution is -2.48. The number of hydrogen-bond acceptors (Lipinski definition) is 3. The van der Waals surface area contributed by atoms with Crippen molar-refractivity contribution in [3.63, 3.8) is 0 Å². The lowest BCUT2D eigenvalue weighted by atomic mass is 9.98. The van der Waals surface area contributed by atoms with E-state index in [1.807, 2.05) is 24.9 Å². The van der Waals surface area contributed by atoms with E-state index < -0.39 is 0 Å². The van der Waals surface area contributed by atoms with Crippen LogP contribution in [-0.2, 0) is 0 Å². The molecule has 1 unspecified atom stereocenters. The van der Waals surface area contributed by atoms with Crippen molar-refractivity contribution < 1.29 is 9.50 Å². The Labute approximate surface area is 115 Å². The van der Waals surface area contributed by atoms with E-state index in [4.69, 9.17) is 0 Å². The Kier molecular flexibility index (Phi) is 6.25. The molecule has 0 amide bonds. The summed E-state index contributed by atoms with van der Waals surface area (Å²) in [6.07, 6.45) is 1.84. The summed E-state index contributed by atoms with van der Waals surface area (Å²) < 4.78 is 13.2. The lowest BCUT2D eigenvalue weighted by Gasteiger charge is -2.31. The van der Waals surface area contributed by atoms with E-state index in [9.17, 15) is 9.50 Å². The first-order valence-corrected chi connectivity index (χ1v) is 6.83. The summed E-state index contributed by atoms with van der Waals surface area (Å²) in [6, 6.07) is 6.56. The largest absolute Gasteiger partial charge is 0.394 e. The molecule has 1 aromatic rings. The maximum Gasteiger partial charge on any atom is 0.125 e. The number of nitrogens with zero attached hydrogens (tertiary/aromatic N) is 1. The molecule has 19 heavy (non-hydrogen) atoms. The minimum Gasteiger partial charge on any atom is -0.394 e. The van der Waals surface area contributed by atoms with Crippen LogP contribution in [0.4, 0.5) is 10.1 Å². The topological polar surface area (TPSA) is 35.5 Å². The molecule has 4 heteroatoms. The fraction of sp³-hybridized carbons (Fsp3) is 0.600. The first-order chi connectivity index (χ1) is 9.00. The summed E-state index contributed by atoms with van der Waals surface area (Å²) in [6.45, 7) is 5.87. The molecule has 0 aromatic heterocycles. The Balaban J connectivity index is 2.54. The van der Waals surface area contributed by atoms with Crippen molar-refractivity contribution >= 4 is 5.69 Å². The number of hydrogen-bond donors (Lipinski definition) is 2. The molecule has 0 radical (unpaired) electrons. The van der Waals surface area contributed by atoms with Crippen molar-refractivity contribution in [2.75, 3.05) is 31.6 Å².